The van der Waals surface area contributed by atoms with Crippen molar-refractivity contribution in [3.8, 4) is 11.1 Å². The minimum Gasteiger partial charge on any atom is -0.338 e. The Bertz CT molecular complexity index is 1160. The van der Waals surface area contributed by atoms with E-state index in [1.165, 1.54) is 0 Å². The molecule has 8 nitrogen and oxygen atoms in total. The van der Waals surface area contributed by atoms with Crippen molar-refractivity contribution in [2.45, 2.75) is 18.8 Å². The summed E-state index contributed by atoms with van der Waals surface area (Å²) in [7, 11) is 1.79. The first-order chi connectivity index (χ1) is 14.2. The number of rotatable bonds is 3. The van der Waals surface area contributed by atoms with Crippen molar-refractivity contribution < 1.29 is 4.79 Å². The fourth-order valence-corrected chi connectivity index (χ4v) is 4.08. The molecule has 1 saturated heterocycles. The van der Waals surface area contributed by atoms with Gasteiger partial charge in [-0.2, -0.15) is 5.10 Å². The summed E-state index contributed by atoms with van der Waals surface area (Å²) in [4.78, 5) is 19.4. The van der Waals surface area contributed by atoms with Gasteiger partial charge in [-0.05, 0) is 24.5 Å². The summed E-state index contributed by atoms with van der Waals surface area (Å²) < 4.78 is 1.60. The van der Waals surface area contributed by atoms with E-state index in [4.69, 9.17) is 0 Å². The van der Waals surface area contributed by atoms with Crippen LogP contribution in [0.25, 0.3) is 22.3 Å². The van der Waals surface area contributed by atoms with E-state index >= 15 is 0 Å². The zero-order valence-electron chi connectivity index (χ0n) is 16.1. The van der Waals surface area contributed by atoms with E-state index in [-0.39, 0.29) is 11.8 Å². The highest BCUT2D eigenvalue weighted by atomic mass is 16.2. The first-order valence-electron chi connectivity index (χ1n) is 9.74. The van der Waals surface area contributed by atoms with E-state index in [2.05, 4.69) is 37.6 Å². The third-order valence-electron chi connectivity index (χ3n) is 5.56. The van der Waals surface area contributed by atoms with Gasteiger partial charge in [0.05, 0.1) is 11.8 Å². The molecule has 29 heavy (non-hydrogen) atoms. The average molecular weight is 387 g/mol. The van der Waals surface area contributed by atoms with Crippen molar-refractivity contribution in [3.05, 3.63) is 60.0 Å². The van der Waals surface area contributed by atoms with E-state index in [1.54, 1.807) is 24.0 Å². The van der Waals surface area contributed by atoms with Crippen LogP contribution in [0, 0.1) is 0 Å². The minimum absolute atomic E-state index is 0.0180. The summed E-state index contributed by atoms with van der Waals surface area (Å²) in [5.74, 6) is 0.203. The van der Waals surface area contributed by atoms with Crippen LogP contribution in [-0.4, -0.2) is 54.1 Å². The lowest BCUT2D eigenvalue weighted by Gasteiger charge is -2.32. The van der Waals surface area contributed by atoms with E-state index in [0.717, 1.165) is 36.2 Å². The van der Waals surface area contributed by atoms with Gasteiger partial charge in [0, 0.05) is 43.5 Å². The highest BCUT2D eigenvalue weighted by molar-refractivity contribution is 5.96. The quantitative estimate of drug-likeness (QED) is 0.583. The predicted molar refractivity (Wildman–Crippen MR) is 108 cm³/mol. The Labute approximate surface area is 167 Å². The summed E-state index contributed by atoms with van der Waals surface area (Å²) in [6.45, 7) is 1.39. The summed E-state index contributed by atoms with van der Waals surface area (Å²) in [5.41, 5.74) is 5.18. The number of piperidine rings is 1. The summed E-state index contributed by atoms with van der Waals surface area (Å²) in [6.07, 6.45) is 5.46. The Morgan fingerprint density at radius 2 is 2.07 bits per heavy atom. The lowest BCUT2D eigenvalue weighted by molar-refractivity contribution is 0.0705. The molecular weight excluding hydrogens is 366 g/mol. The molecule has 4 aromatic rings. The number of nitrogens with one attached hydrogen (secondary N) is 1. The number of carbonyl (C=O) groups excluding carboxylic acids is 1. The second-order valence-corrected chi connectivity index (χ2v) is 7.43. The Hall–Kier alpha value is -3.55. The second kappa shape index (κ2) is 7.12. The van der Waals surface area contributed by atoms with Crippen molar-refractivity contribution in [2.75, 3.05) is 13.1 Å². The van der Waals surface area contributed by atoms with Crippen LogP contribution in [0.5, 0.6) is 0 Å². The molecule has 1 atom stereocenters. The Balaban J connectivity index is 1.39. The van der Waals surface area contributed by atoms with Crippen molar-refractivity contribution >= 4 is 17.1 Å². The van der Waals surface area contributed by atoms with E-state index < -0.39 is 0 Å². The highest BCUT2D eigenvalue weighted by Crippen LogP contribution is 2.33. The smallest absolute Gasteiger partial charge is 0.255 e. The Morgan fingerprint density at radius 1 is 1.21 bits per heavy atom. The second-order valence-electron chi connectivity index (χ2n) is 7.43. The minimum atomic E-state index is -0.0180. The van der Waals surface area contributed by atoms with Gasteiger partial charge in [0.15, 0.2) is 5.65 Å². The summed E-state index contributed by atoms with van der Waals surface area (Å²) in [5, 5.41) is 15.5. The van der Waals surface area contributed by atoms with Crippen LogP contribution in [0.1, 0.15) is 34.8 Å². The van der Waals surface area contributed by atoms with Crippen molar-refractivity contribution in [1.29, 1.82) is 0 Å². The number of carbonyl (C=O) groups is 1. The molecule has 0 spiro atoms. The molecule has 0 aliphatic carbocycles. The van der Waals surface area contributed by atoms with Crippen molar-refractivity contribution in [2.24, 2.45) is 7.05 Å². The van der Waals surface area contributed by atoms with Gasteiger partial charge in [0.25, 0.3) is 5.91 Å². The maximum atomic E-state index is 13.1. The van der Waals surface area contributed by atoms with Crippen LogP contribution >= 0.6 is 0 Å². The molecular formula is C21H21N7O. The number of fused-ring (bicyclic) bond motifs is 1. The SMILES string of the molecule is Cn1nnc2cc(C(=O)N3CCCC(c4[nH]ncc4-c4ccccc4)C3)cnc21. The number of aryl methyl sites for hydroxylation is 1. The zero-order valence-corrected chi connectivity index (χ0v) is 16.1. The molecule has 1 aliphatic heterocycles. The van der Waals surface area contributed by atoms with Gasteiger partial charge in [-0.3, -0.25) is 9.89 Å². The molecule has 1 amide bonds. The van der Waals surface area contributed by atoms with Gasteiger partial charge >= 0.3 is 0 Å². The maximum absolute atomic E-state index is 13.1. The molecule has 1 N–H and O–H groups in total. The average Bonchev–Trinajstić information content (AvgIpc) is 3.41. The number of pyridine rings is 1. The molecule has 0 radical (unpaired) electrons. The number of aromatic nitrogens is 6. The number of aromatic amines is 1. The molecule has 1 aromatic carbocycles. The van der Waals surface area contributed by atoms with Gasteiger partial charge in [-0.15, -0.1) is 5.10 Å². The van der Waals surface area contributed by atoms with Crippen LogP contribution in [0.4, 0.5) is 0 Å². The molecule has 3 aromatic heterocycles. The lowest BCUT2D eigenvalue weighted by atomic mass is 9.90. The Kier molecular flexibility index (Phi) is 4.31. The number of hydrogen-bond acceptors (Lipinski definition) is 5. The highest BCUT2D eigenvalue weighted by Gasteiger charge is 2.28. The lowest BCUT2D eigenvalue weighted by Crippen LogP contribution is -2.39. The van der Waals surface area contributed by atoms with Crippen LogP contribution in [-0.2, 0) is 7.05 Å². The van der Waals surface area contributed by atoms with Crippen LogP contribution < -0.4 is 0 Å². The van der Waals surface area contributed by atoms with E-state index in [1.807, 2.05) is 29.3 Å². The molecule has 1 aliphatic rings. The fourth-order valence-electron chi connectivity index (χ4n) is 4.08. The number of amides is 1. The fraction of sp³-hybridized carbons (Fsp3) is 0.286. The van der Waals surface area contributed by atoms with Crippen LogP contribution in [0.3, 0.4) is 0 Å². The predicted octanol–water partition coefficient (Wildman–Crippen LogP) is 2.77. The molecule has 1 fully saturated rings. The van der Waals surface area contributed by atoms with Crippen LogP contribution in [0.2, 0.25) is 0 Å². The topological polar surface area (TPSA) is 92.6 Å². The molecule has 8 heteroatoms. The monoisotopic (exact) mass is 387 g/mol. The molecule has 0 saturated carbocycles. The van der Waals surface area contributed by atoms with Gasteiger partial charge in [0.2, 0.25) is 0 Å². The zero-order chi connectivity index (χ0) is 19.8. The molecule has 0 bridgehead atoms. The van der Waals surface area contributed by atoms with Crippen molar-refractivity contribution in [1.82, 2.24) is 35.1 Å². The standard InChI is InChI=1S/C21H21N7O/c1-27-20-18(24-26-27)10-16(11-22-20)21(29)28-9-5-8-15(13-28)19-17(12-23-25-19)14-6-3-2-4-7-14/h2-4,6-7,10-12,15H,5,8-9,13H2,1H3,(H,23,25). The van der Waals surface area contributed by atoms with Gasteiger partial charge in [-0.1, -0.05) is 35.5 Å². The third-order valence-corrected chi connectivity index (χ3v) is 5.56. The van der Waals surface area contributed by atoms with Gasteiger partial charge < -0.3 is 4.90 Å². The van der Waals surface area contributed by atoms with E-state index in [9.17, 15) is 4.79 Å². The third kappa shape index (κ3) is 3.16. The molecule has 146 valence electrons. The first kappa shape index (κ1) is 17.5. The van der Waals surface area contributed by atoms with Gasteiger partial charge in [0.1, 0.15) is 5.52 Å². The largest absolute Gasteiger partial charge is 0.338 e. The summed E-state index contributed by atoms with van der Waals surface area (Å²) >= 11 is 0. The normalized spacial score (nSPS) is 17.0. The number of likely N-dealkylation sites (tertiary alicyclic amines) is 1. The van der Waals surface area contributed by atoms with Crippen molar-refractivity contribution in [3.63, 3.8) is 0 Å². The molecule has 5 rings (SSSR count). The van der Waals surface area contributed by atoms with E-state index in [0.29, 0.717) is 23.3 Å². The molecule has 4 heterocycles. The number of H-pyrrole nitrogens is 1. The summed E-state index contributed by atoms with van der Waals surface area (Å²) in [6, 6.07) is 12.0. The number of hydrogen-bond donors (Lipinski definition) is 1. The van der Waals surface area contributed by atoms with Crippen LogP contribution in [0.15, 0.2) is 48.8 Å². The maximum Gasteiger partial charge on any atom is 0.255 e. The first-order valence-corrected chi connectivity index (χ1v) is 9.74. The Morgan fingerprint density at radius 3 is 2.93 bits per heavy atom. The van der Waals surface area contributed by atoms with Gasteiger partial charge in [-0.25, -0.2) is 9.67 Å². The number of benzene rings is 1. The number of nitrogens with zero attached hydrogens (tertiary/aromatic N) is 6. The molecule has 1 unspecified atom stereocenters.